The van der Waals surface area contributed by atoms with Crippen LogP contribution in [0.5, 0.6) is 0 Å². The molecule has 4 N–H and O–H groups in total. The minimum atomic E-state index is -0.963. The van der Waals surface area contributed by atoms with Gasteiger partial charge in [-0.05, 0) is 24.8 Å². The molecule has 4 nitrogen and oxygen atoms in total. The molecule has 1 unspecified atom stereocenters. The molecule has 0 fully saturated rings. The number of thioether (sulfide) groups is 1. The second-order valence-corrected chi connectivity index (χ2v) is 5.10. The Morgan fingerprint density at radius 1 is 1.59 bits per heavy atom. The SMILES string of the molecule is CCSCC(C)Nc1c(N)cccc1C(=O)O. The predicted molar refractivity (Wildman–Crippen MR) is 73.9 cm³/mol. The molecule has 0 aliphatic rings. The van der Waals surface area contributed by atoms with Crippen LogP contribution >= 0.6 is 11.8 Å². The fourth-order valence-electron chi connectivity index (χ4n) is 1.49. The van der Waals surface area contributed by atoms with Crippen LogP contribution in [0.25, 0.3) is 0 Å². The highest BCUT2D eigenvalue weighted by molar-refractivity contribution is 7.99. The summed E-state index contributed by atoms with van der Waals surface area (Å²) in [4.78, 5) is 11.1. The zero-order valence-corrected chi connectivity index (χ0v) is 10.9. The predicted octanol–water partition coefficient (Wildman–Crippen LogP) is 2.52. The third-order valence-electron chi connectivity index (χ3n) is 2.29. The third kappa shape index (κ3) is 3.85. The number of carboxylic acid groups (broad SMARTS) is 1. The Morgan fingerprint density at radius 2 is 2.29 bits per heavy atom. The first-order valence-electron chi connectivity index (χ1n) is 5.52. The van der Waals surface area contributed by atoms with Crippen molar-refractivity contribution < 1.29 is 9.90 Å². The molecule has 5 heteroatoms. The summed E-state index contributed by atoms with van der Waals surface area (Å²) in [5.41, 5.74) is 7.01. The van der Waals surface area contributed by atoms with Crippen molar-refractivity contribution in [2.24, 2.45) is 0 Å². The second-order valence-electron chi connectivity index (χ2n) is 3.78. The number of hydrogen-bond donors (Lipinski definition) is 3. The monoisotopic (exact) mass is 254 g/mol. The molecule has 1 aromatic carbocycles. The topological polar surface area (TPSA) is 75.3 Å². The molecule has 0 aliphatic carbocycles. The Kier molecular flexibility index (Phi) is 5.15. The van der Waals surface area contributed by atoms with Gasteiger partial charge in [0.1, 0.15) is 0 Å². The number of benzene rings is 1. The Labute approximate surface area is 106 Å². The summed E-state index contributed by atoms with van der Waals surface area (Å²) in [6, 6.07) is 5.09. The van der Waals surface area contributed by atoms with E-state index in [2.05, 4.69) is 12.2 Å². The summed E-state index contributed by atoms with van der Waals surface area (Å²) in [5.74, 6) is 1.00. The van der Waals surface area contributed by atoms with Crippen LogP contribution in [0.1, 0.15) is 24.2 Å². The molecule has 1 aromatic rings. The zero-order chi connectivity index (χ0) is 12.8. The van der Waals surface area contributed by atoms with Crippen molar-refractivity contribution in [1.29, 1.82) is 0 Å². The number of para-hydroxylation sites is 1. The summed E-state index contributed by atoms with van der Waals surface area (Å²) in [6.45, 7) is 4.11. The Hall–Kier alpha value is -1.36. The second kappa shape index (κ2) is 6.39. The van der Waals surface area contributed by atoms with Gasteiger partial charge in [0.15, 0.2) is 0 Å². The number of nitrogen functional groups attached to an aromatic ring is 1. The number of anilines is 2. The lowest BCUT2D eigenvalue weighted by Crippen LogP contribution is -2.21. The molecule has 0 heterocycles. The first-order valence-corrected chi connectivity index (χ1v) is 6.67. The average Bonchev–Trinajstić information content (AvgIpc) is 2.28. The van der Waals surface area contributed by atoms with Gasteiger partial charge in [-0.15, -0.1) is 0 Å². The van der Waals surface area contributed by atoms with Gasteiger partial charge in [-0.25, -0.2) is 4.79 Å². The average molecular weight is 254 g/mol. The van der Waals surface area contributed by atoms with Crippen molar-refractivity contribution in [2.45, 2.75) is 19.9 Å². The molecule has 0 aliphatic heterocycles. The molecular formula is C12H18N2O2S. The number of carboxylic acids is 1. The van der Waals surface area contributed by atoms with E-state index in [9.17, 15) is 4.79 Å². The fraction of sp³-hybridized carbons (Fsp3) is 0.417. The van der Waals surface area contributed by atoms with Crippen LogP contribution < -0.4 is 11.1 Å². The Bertz CT molecular complexity index is 396. The lowest BCUT2D eigenvalue weighted by Gasteiger charge is -2.18. The van der Waals surface area contributed by atoms with E-state index >= 15 is 0 Å². The summed E-state index contributed by atoms with van der Waals surface area (Å²) in [6.07, 6.45) is 0. The molecule has 0 spiro atoms. The lowest BCUT2D eigenvalue weighted by atomic mass is 10.1. The van der Waals surface area contributed by atoms with E-state index < -0.39 is 5.97 Å². The maximum absolute atomic E-state index is 11.1. The standard InChI is InChI=1S/C12H18N2O2S/c1-3-17-7-8(2)14-11-9(12(15)16)5-4-6-10(11)13/h4-6,8,14H,3,7,13H2,1-2H3,(H,15,16). The summed E-state index contributed by atoms with van der Waals surface area (Å²) >= 11 is 1.80. The molecule has 0 bridgehead atoms. The van der Waals surface area contributed by atoms with Crippen LogP contribution in [-0.2, 0) is 0 Å². The maximum Gasteiger partial charge on any atom is 0.337 e. The number of nitrogens with one attached hydrogen (secondary N) is 1. The van der Waals surface area contributed by atoms with Crippen LogP contribution in [0.3, 0.4) is 0 Å². The van der Waals surface area contributed by atoms with Gasteiger partial charge in [0.05, 0.1) is 16.9 Å². The van der Waals surface area contributed by atoms with Crippen LogP contribution in [-0.4, -0.2) is 28.6 Å². The first kappa shape index (κ1) is 13.7. The van der Waals surface area contributed by atoms with Gasteiger partial charge in [-0.1, -0.05) is 13.0 Å². The van der Waals surface area contributed by atoms with Crippen LogP contribution in [0.15, 0.2) is 18.2 Å². The minimum absolute atomic E-state index is 0.183. The van der Waals surface area contributed by atoms with E-state index in [1.165, 1.54) is 0 Å². The van der Waals surface area contributed by atoms with Gasteiger partial charge >= 0.3 is 5.97 Å². The lowest BCUT2D eigenvalue weighted by molar-refractivity contribution is 0.0698. The number of rotatable bonds is 6. The molecular weight excluding hydrogens is 236 g/mol. The van der Waals surface area contributed by atoms with Crippen molar-refractivity contribution in [2.75, 3.05) is 22.6 Å². The Balaban J connectivity index is 2.85. The van der Waals surface area contributed by atoms with Crippen molar-refractivity contribution in [3.05, 3.63) is 23.8 Å². The van der Waals surface area contributed by atoms with E-state index in [-0.39, 0.29) is 11.6 Å². The number of carbonyl (C=O) groups is 1. The molecule has 0 radical (unpaired) electrons. The number of nitrogens with two attached hydrogens (primary N) is 1. The molecule has 17 heavy (non-hydrogen) atoms. The van der Waals surface area contributed by atoms with Gasteiger partial charge < -0.3 is 16.2 Å². The van der Waals surface area contributed by atoms with Crippen molar-refractivity contribution >= 4 is 29.1 Å². The highest BCUT2D eigenvalue weighted by Gasteiger charge is 2.14. The highest BCUT2D eigenvalue weighted by Crippen LogP contribution is 2.24. The molecule has 0 aromatic heterocycles. The molecule has 0 amide bonds. The molecule has 0 saturated carbocycles. The molecule has 0 saturated heterocycles. The summed E-state index contributed by atoms with van der Waals surface area (Å²) in [5, 5.41) is 12.2. The van der Waals surface area contributed by atoms with Crippen molar-refractivity contribution in [3.8, 4) is 0 Å². The first-order chi connectivity index (χ1) is 8.06. The normalized spacial score (nSPS) is 12.1. The smallest absolute Gasteiger partial charge is 0.337 e. The van der Waals surface area contributed by atoms with Crippen LogP contribution in [0.4, 0.5) is 11.4 Å². The zero-order valence-electron chi connectivity index (χ0n) is 10.1. The van der Waals surface area contributed by atoms with Gasteiger partial charge in [-0.3, -0.25) is 0 Å². The number of hydrogen-bond acceptors (Lipinski definition) is 4. The van der Waals surface area contributed by atoms with E-state index in [1.807, 2.05) is 6.92 Å². The minimum Gasteiger partial charge on any atom is -0.478 e. The van der Waals surface area contributed by atoms with Gasteiger partial charge in [0.25, 0.3) is 0 Å². The molecule has 94 valence electrons. The van der Waals surface area contributed by atoms with Gasteiger partial charge in [0.2, 0.25) is 0 Å². The molecule has 1 rings (SSSR count). The maximum atomic E-state index is 11.1. The third-order valence-corrected chi connectivity index (χ3v) is 3.43. The van der Waals surface area contributed by atoms with E-state index in [1.54, 1.807) is 30.0 Å². The number of aromatic carboxylic acids is 1. The summed E-state index contributed by atoms with van der Waals surface area (Å²) in [7, 11) is 0. The largest absolute Gasteiger partial charge is 0.478 e. The van der Waals surface area contributed by atoms with Crippen LogP contribution in [0.2, 0.25) is 0 Å². The quantitative estimate of drug-likeness (QED) is 0.680. The fourth-order valence-corrected chi connectivity index (χ4v) is 2.16. The van der Waals surface area contributed by atoms with E-state index in [4.69, 9.17) is 10.8 Å². The van der Waals surface area contributed by atoms with Gasteiger partial charge in [0, 0.05) is 11.8 Å². The van der Waals surface area contributed by atoms with E-state index in [0.717, 1.165) is 11.5 Å². The molecule has 1 atom stereocenters. The van der Waals surface area contributed by atoms with Gasteiger partial charge in [-0.2, -0.15) is 11.8 Å². The summed E-state index contributed by atoms with van der Waals surface area (Å²) < 4.78 is 0. The van der Waals surface area contributed by atoms with Crippen molar-refractivity contribution in [1.82, 2.24) is 0 Å². The van der Waals surface area contributed by atoms with Crippen LogP contribution in [0, 0.1) is 0 Å². The Morgan fingerprint density at radius 3 is 2.88 bits per heavy atom. The van der Waals surface area contributed by atoms with E-state index in [0.29, 0.717) is 11.4 Å². The van der Waals surface area contributed by atoms with Crippen molar-refractivity contribution in [3.63, 3.8) is 0 Å². The highest BCUT2D eigenvalue weighted by atomic mass is 32.2.